The van der Waals surface area contributed by atoms with Gasteiger partial charge in [0, 0.05) is 51.8 Å². The van der Waals surface area contributed by atoms with E-state index >= 15 is 0 Å². The van der Waals surface area contributed by atoms with Crippen LogP contribution in [0.2, 0.25) is 0 Å². The quantitative estimate of drug-likeness (QED) is 0.0100. The second kappa shape index (κ2) is 36.1. The van der Waals surface area contributed by atoms with E-state index in [1.165, 1.54) is 31.6 Å². The highest BCUT2D eigenvalue weighted by molar-refractivity contribution is 5.98. The first kappa shape index (κ1) is 68.8. The van der Waals surface area contributed by atoms with Crippen LogP contribution >= 0.6 is 0 Å². The van der Waals surface area contributed by atoms with E-state index in [0.717, 1.165) is 5.56 Å². The van der Waals surface area contributed by atoms with E-state index in [9.17, 15) is 58.2 Å². The number of aromatic nitrogens is 1. The topological polar surface area (TPSA) is 447 Å². The van der Waals surface area contributed by atoms with Crippen molar-refractivity contribution >= 4 is 65.2 Å². The lowest BCUT2D eigenvalue weighted by molar-refractivity contribution is -0.136. The third-order valence-electron chi connectivity index (χ3n) is 13.1. The zero-order valence-electron chi connectivity index (χ0n) is 48.5. The van der Waals surface area contributed by atoms with Gasteiger partial charge in [-0.3, -0.25) is 58.6 Å². The summed E-state index contributed by atoms with van der Waals surface area (Å²) in [5, 5.41) is 43.4. The lowest BCUT2D eigenvalue weighted by atomic mass is 10.0. The molecule has 28 nitrogen and oxygen atoms in total. The summed E-state index contributed by atoms with van der Waals surface area (Å²) in [6.07, 6.45) is 2.31. The summed E-state index contributed by atoms with van der Waals surface area (Å²) in [6, 6.07) is 14.1. The Morgan fingerprint density at radius 3 is 1.53 bits per heavy atom. The van der Waals surface area contributed by atoms with Crippen molar-refractivity contribution in [3.05, 3.63) is 132 Å². The molecule has 0 aliphatic rings. The standard InChI is InChI=1S/C58H80N16O12/c1-5-64-50(79)43(29-35-13-8-6-9-14-35)68-51(80)41(17-12-24-65-57(61)62-4)66-52(81)42(27-34(2)3)72-58(86)74-73-56(85)45(30-36-15-10-7-11-16-36)69-55(84)47(33-75)71-54(83)46(32-48(60)77)70-53(82)44(31-38-22-25-63-26-23-38)67-49(78)40(59)28-37-18-20-39(76)21-19-37/h6-11,13-16,18-23,25-26,34,40-47,75-76H,5,12,17,24,27-33,59H2,1-4H3,(H2,60,77)(H,64,79)(H,66,81)(H,67,78)(H,68,80)(H,69,84)(H,70,82)(H,71,83)(H,73,85)(H3,61,62,65)(H2,72,74,86)/t40-,41+,42+,43+,44-,45+,46+,47+/m1/s1. The van der Waals surface area contributed by atoms with Crippen LogP contribution in [-0.2, 0) is 68.8 Å². The van der Waals surface area contributed by atoms with Gasteiger partial charge in [-0.1, -0.05) is 86.6 Å². The van der Waals surface area contributed by atoms with E-state index in [1.54, 1.807) is 99.6 Å². The molecule has 8 atom stereocenters. The van der Waals surface area contributed by atoms with Crippen molar-refractivity contribution in [2.75, 3.05) is 26.7 Å². The Kier molecular flexibility index (Phi) is 28.9. The van der Waals surface area contributed by atoms with E-state index in [-0.39, 0.29) is 62.7 Å². The number of urea groups is 1. The molecule has 1 aromatic heterocycles. The molecule has 0 fully saturated rings. The fraction of sp³-hybridized carbons (Fsp3) is 0.414. The number of aliphatic hydroxyl groups excluding tert-OH is 1. The largest absolute Gasteiger partial charge is 0.508 e. The molecule has 0 saturated heterocycles. The Labute approximate surface area is 498 Å². The minimum atomic E-state index is -1.83. The normalized spacial score (nSPS) is 13.9. The molecule has 0 spiro atoms. The summed E-state index contributed by atoms with van der Waals surface area (Å²) in [4.78, 5) is 144. The molecular weight excluding hydrogens is 1110 g/mol. The van der Waals surface area contributed by atoms with E-state index in [2.05, 4.69) is 68.7 Å². The van der Waals surface area contributed by atoms with E-state index in [4.69, 9.17) is 17.2 Å². The summed E-state index contributed by atoms with van der Waals surface area (Å²) in [7, 11) is 1.49. The number of rotatable bonds is 33. The van der Waals surface area contributed by atoms with Crippen LogP contribution in [0.25, 0.3) is 0 Å². The van der Waals surface area contributed by atoms with Crippen molar-refractivity contribution in [3.8, 4) is 5.75 Å². The van der Waals surface area contributed by atoms with Gasteiger partial charge >= 0.3 is 6.03 Å². The lowest BCUT2D eigenvalue weighted by Gasteiger charge is -2.27. The number of guanidine groups is 1. The van der Waals surface area contributed by atoms with Gasteiger partial charge in [0.25, 0.3) is 5.91 Å². The van der Waals surface area contributed by atoms with Gasteiger partial charge in [-0.05, 0) is 85.0 Å². The summed E-state index contributed by atoms with van der Waals surface area (Å²) < 4.78 is 0. The van der Waals surface area contributed by atoms with Crippen LogP contribution in [0.1, 0.15) is 68.7 Å². The second-order valence-electron chi connectivity index (χ2n) is 20.5. The molecule has 4 aromatic rings. The number of likely N-dealkylation sites (N-methyl/N-ethyl adjacent to an activating group) is 1. The Bertz CT molecular complexity index is 2910. The van der Waals surface area contributed by atoms with Gasteiger partial charge in [0.05, 0.1) is 19.1 Å². The molecule has 0 aliphatic heterocycles. The van der Waals surface area contributed by atoms with Gasteiger partial charge in [-0.25, -0.2) is 10.2 Å². The number of pyridine rings is 1. The monoisotopic (exact) mass is 1190 g/mol. The fourth-order valence-electron chi connectivity index (χ4n) is 8.58. The number of nitrogens with two attached hydrogens (primary N) is 3. The van der Waals surface area contributed by atoms with Gasteiger partial charge < -0.3 is 75.3 Å². The number of aliphatic imine (C=N–C) groups is 1. The molecule has 0 bridgehead atoms. The molecule has 1 heterocycles. The molecule has 4 rings (SSSR count). The third kappa shape index (κ3) is 24.6. The van der Waals surface area contributed by atoms with Crippen molar-refractivity contribution in [2.24, 2.45) is 28.1 Å². The first-order valence-electron chi connectivity index (χ1n) is 27.9. The van der Waals surface area contributed by atoms with Crippen LogP contribution in [-0.4, -0.2) is 155 Å². The highest BCUT2D eigenvalue weighted by Gasteiger charge is 2.34. The number of hydrogen-bond donors (Lipinski definition) is 16. The molecule has 0 aliphatic carbocycles. The number of carbonyl (C=O) groups excluding carboxylic acids is 10. The average molecular weight is 1190 g/mol. The average Bonchev–Trinajstić information content (AvgIpc) is 3.66. The van der Waals surface area contributed by atoms with Crippen LogP contribution in [0.3, 0.4) is 0 Å². The van der Waals surface area contributed by atoms with Crippen molar-refractivity contribution in [1.82, 2.24) is 63.7 Å². The summed E-state index contributed by atoms with van der Waals surface area (Å²) in [5.74, 6) is -8.04. The van der Waals surface area contributed by atoms with Gasteiger partial charge in [-0.15, -0.1) is 0 Å². The first-order valence-corrected chi connectivity index (χ1v) is 27.9. The first-order chi connectivity index (χ1) is 41.1. The number of aliphatic hydroxyl groups is 1. The molecule has 464 valence electrons. The predicted octanol–water partition coefficient (Wildman–Crippen LogP) is -2.64. The molecule has 0 unspecified atom stereocenters. The number of hydrazine groups is 1. The highest BCUT2D eigenvalue weighted by Crippen LogP contribution is 2.13. The maximum absolute atomic E-state index is 14.1. The highest BCUT2D eigenvalue weighted by atomic mass is 16.3. The maximum atomic E-state index is 14.1. The fourth-order valence-corrected chi connectivity index (χ4v) is 8.58. The summed E-state index contributed by atoms with van der Waals surface area (Å²) >= 11 is 0. The van der Waals surface area contributed by atoms with Gasteiger partial charge in [0.15, 0.2) is 5.96 Å². The number of aromatic hydroxyl groups is 1. The van der Waals surface area contributed by atoms with Gasteiger partial charge in [0.2, 0.25) is 47.3 Å². The third-order valence-corrected chi connectivity index (χ3v) is 13.1. The molecular formula is C58H80N16O12. The predicted molar refractivity (Wildman–Crippen MR) is 317 cm³/mol. The SMILES string of the molecule is CCNC(=O)[C@H](Cc1ccccc1)NC(=O)[C@H](CCCNC(N)=NC)NC(=O)[C@H](CC(C)C)NC(=O)NNC(=O)[C@H](Cc1ccccc1)NC(=O)[C@H](CO)NC(=O)[C@H](CC(N)=O)NC(=O)[C@@H](Cc1ccncc1)NC(=O)[C@H](N)Cc1ccc(O)cc1. The van der Waals surface area contributed by atoms with Crippen molar-refractivity contribution in [3.63, 3.8) is 0 Å². The van der Waals surface area contributed by atoms with Gasteiger partial charge in [-0.2, -0.15) is 0 Å². The number of carbonyl (C=O) groups is 10. The van der Waals surface area contributed by atoms with Crippen molar-refractivity contribution < 1.29 is 58.2 Å². The number of nitrogens with one attached hydrogen (secondary N) is 11. The summed E-state index contributed by atoms with van der Waals surface area (Å²) in [5.41, 5.74) is 24.3. The van der Waals surface area contributed by atoms with Gasteiger partial charge in [0.1, 0.15) is 48.0 Å². The lowest BCUT2D eigenvalue weighted by Crippen LogP contribution is -2.61. The number of benzene rings is 3. The van der Waals surface area contributed by atoms with E-state index < -0.39 is 121 Å². The number of phenolic OH excluding ortho intramolecular Hbond substituents is 1. The maximum Gasteiger partial charge on any atom is 0.334 e. The van der Waals surface area contributed by atoms with Crippen LogP contribution in [0.5, 0.6) is 5.75 Å². The number of hydrogen-bond acceptors (Lipinski definition) is 15. The minimum Gasteiger partial charge on any atom is -0.508 e. The second-order valence-corrected chi connectivity index (χ2v) is 20.5. The minimum absolute atomic E-state index is 0.0000165. The Morgan fingerprint density at radius 2 is 0.988 bits per heavy atom. The zero-order chi connectivity index (χ0) is 63.1. The van der Waals surface area contributed by atoms with Crippen LogP contribution in [0.4, 0.5) is 4.79 Å². The molecule has 86 heavy (non-hydrogen) atoms. The summed E-state index contributed by atoms with van der Waals surface area (Å²) in [6.45, 7) is 4.79. The Balaban J connectivity index is 1.48. The van der Waals surface area contributed by atoms with E-state index in [1.807, 2.05) is 6.07 Å². The molecule has 0 saturated carbocycles. The van der Waals surface area contributed by atoms with Crippen molar-refractivity contribution in [1.29, 1.82) is 0 Å². The molecule has 3 aromatic carbocycles. The number of phenols is 1. The smallest absolute Gasteiger partial charge is 0.334 e. The zero-order valence-corrected chi connectivity index (χ0v) is 48.5. The Hall–Kier alpha value is -9.70. The van der Waals surface area contributed by atoms with Crippen LogP contribution < -0.4 is 75.9 Å². The molecule has 28 heteroatoms. The molecule has 0 radical (unpaired) electrons. The van der Waals surface area contributed by atoms with Crippen LogP contribution in [0, 0.1) is 5.92 Å². The number of nitrogens with zero attached hydrogens (tertiary/aromatic N) is 2. The Morgan fingerprint density at radius 1 is 0.523 bits per heavy atom. The molecule has 19 N–H and O–H groups in total. The molecule has 11 amide bonds. The van der Waals surface area contributed by atoms with Crippen molar-refractivity contribution in [2.45, 2.75) is 120 Å². The van der Waals surface area contributed by atoms with E-state index in [0.29, 0.717) is 29.7 Å². The number of amides is 11. The van der Waals surface area contributed by atoms with Crippen LogP contribution in [0.15, 0.2) is 114 Å². The number of primary amides is 1.